The van der Waals surface area contributed by atoms with Gasteiger partial charge in [0.05, 0.1) is 18.0 Å². The summed E-state index contributed by atoms with van der Waals surface area (Å²) in [5.74, 6) is -1.32. The summed E-state index contributed by atoms with van der Waals surface area (Å²) >= 11 is 0. The summed E-state index contributed by atoms with van der Waals surface area (Å²) in [6.07, 6.45) is -2.99. The second-order valence-electron chi connectivity index (χ2n) is 7.33. The molecule has 1 aromatic carbocycles. The Bertz CT molecular complexity index is 718. The monoisotopic (exact) mass is 399 g/mol. The number of carboxylic acid groups (broad SMARTS) is 1. The first-order valence-electron chi connectivity index (χ1n) is 9.39. The third-order valence-corrected chi connectivity index (χ3v) is 5.38. The molecule has 1 amide bonds. The highest BCUT2D eigenvalue weighted by molar-refractivity contribution is 5.79. The molecule has 6 nitrogen and oxygen atoms in total. The first-order valence-corrected chi connectivity index (χ1v) is 9.39. The Morgan fingerprint density at radius 2 is 1.82 bits per heavy atom. The lowest BCUT2D eigenvalue weighted by Crippen LogP contribution is -2.52. The quantitative estimate of drug-likeness (QED) is 0.841. The van der Waals surface area contributed by atoms with E-state index in [0.717, 1.165) is 18.6 Å². The molecule has 1 aromatic rings. The number of likely N-dealkylation sites (tertiary alicyclic amines) is 1. The molecule has 28 heavy (non-hydrogen) atoms. The normalized spacial score (nSPS) is 21.6. The number of carbonyl (C=O) groups excluding carboxylic acids is 1. The van der Waals surface area contributed by atoms with Crippen LogP contribution in [0.15, 0.2) is 24.3 Å². The van der Waals surface area contributed by atoms with Crippen molar-refractivity contribution in [3.05, 3.63) is 29.8 Å². The maximum atomic E-state index is 12.9. The molecular formula is C19H24F3N3O3. The van der Waals surface area contributed by atoms with Crippen LogP contribution in [-0.4, -0.2) is 72.6 Å². The predicted molar refractivity (Wildman–Crippen MR) is 97.0 cm³/mol. The van der Waals surface area contributed by atoms with Gasteiger partial charge in [0.15, 0.2) is 0 Å². The Morgan fingerprint density at radius 3 is 2.46 bits per heavy atom. The average Bonchev–Trinajstić information content (AvgIpc) is 2.68. The lowest BCUT2D eigenvalue weighted by molar-refractivity contribution is -0.145. The average molecular weight is 399 g/mol. The molecule has 1 atom stereocenters. The van der Waals surface area contributed by atoms with Gasteiger partial charge < -0.3 is 14.9 Å². The minimum absolute atomic E-state index is 0.0604. The molecule has 2 aliphatic heterocycles. The zero-order chi connectivity index (χ0) is 20.3. The van der Waals surface area contributed by atoms with Crippen molar-refractivity contribution in [1.29, 1.82) is 0 Å². The standard InChI is InChI=1S/C19H24F3N3O3/c20-19(21,22)15-4-1-5-16(11-15)24-7-9-25(10-8-24)17(26)13-23-6-2-3-14(12-23)18(27)28/h1,4-5,11,14H,2-3,6-10,12-13H2,(H,27,28). The number of nitrogens with zero attached hydrogens (tertiary/aromatic N) is 3. The molecule has 1 N–H and O–H groups in total. The molecule has 0 aromatic heterocycles. The van der Waals surface area contributed by atoms with Gasteiger partial charge in [0.2, 0.25) is 5.91 Å². The smallest absolute Gasteiger partial charge is 0.416 e. The molecule has 0 bridgehead atoms. The van der Waals surface area contributed by atoms with E-state index in [1.807, 2.05) is 9.80 Å². The van der Waals surface area contributed by atoms with Crippen molar-refractivity contribution < 1.29 is 27.9 Å². The van der Waals surface area contributed by atoms with E-state index in [-0.39, 0.29) is 12.5 Å². The van der Waals surface area contributed by atoms with Gasteiger partial charge in [-0.3, -0.25) is 14.5 Å². The third kappa shape index (κ3) is 4.95. The van der Waals surface area contributed by atoms with Crippen molar-refractivity contribution in [3.8, 4) is 0 Å². The number of alkyl halides is 3. The van der Waals surface area contributed by atoms with Crippen molar-refractivity contribution in [2.45, 2.75) is 19.0 Å². The van der Waals surface area contributed by atoms with Crippen LogP contribution < -0.4 is 4.90 Å². The van der Waals surface area contributed by atoms with Crippen LogP contribution in [0.5, 0.6) is 0 Å². The summed E-state index contributed by atoms with van der Waals surface area (Å²) in [6.45, 7) is 3.07. The highest BCUT2D eigenvalue weighted by Gasteiger charge is 2.32. The Morgan fingerprint density at radius 1 is 1.11 bits per heavy atom. The molecule has 2 saturated heterocycles. The number of aliphatic carboxylic acids is 1. The van der Waals surface area contributed by atoms with Crippen molar-refractivity contribution in [2.24, 2.45) is 5.92 Å². The summed E-state index contributed by atoms with van der Waals surface area (Å²) in [6, 6.07) is 5.22. The Balaban J connectivity index is 1.52. The lowest BCUT2D eigenvalue weighted by Gasteiger charge is -2.38. The number of hydrogen-bond acceptors (Lipinski definition) is 4. The van der Waals surface area contributed by atoms with Gasteiger partial charge in [-0.1, -0.05) is 6.07 Å². The van der Waals surface area contributed by atoms with Crippen LogP contribution in [0.3, 0.4) is 0 Å². The number of piperidine rings is 1. The second kappa shape index (κ2) is 8.38. The molecule has 154 valence electrons. The van der Waals surface area contributed by atoms with E-state index in [1.165, 1.54) is 6.07 Å². The van der Waals surface area contributed by atoms with Crippen LogP contribution in [0.1, 0.15) is 18.4 Å². The van der Waals surface area contributed by atoms with Crippen molar-refractivity contribution in [2.75, 3.05) is 50.7 Å². The maximum Gasteiger partial charge on any atom is 0.416 e. The van der Waals surface area contributed by atoms with Gasteiger partial charge >= 0.3 is 12.1 Å². The van der Waals surface area contributed by atoms with Crippen LogP contribution in [-0.2, 0) is 15.8 Å². The van der Waals surface area contributed by atoms with Crippen molar-refractivity contribution in [3.63, 3.8) is 0 Å². The number of rotatable bonds is 4. The lowest BCUT2D eigenvalue weighted by atomic mass is 9.98. The molecule has 1 unspecified atom stereocenters. The van der Waals surface area contributed by atoms with Gasteiger partial charge in [-0.15, -0.1) is 0 Å². The summed E-state index contributed by atoms with van der Waals surface area (Å²) < 4.78 is 38.7. The maximum absolute atomic E-state index is 12.9. The number of carboxylic acids is 1. The molecule has 2 aliphatic rings. The molecule has 3 rings (SSSR count). The van der Waals surface area contributed by atoms with E-state index in [9.17, 15) is 22.8 Å². The van der Waals surface area contributed by atoms with Gasteiger partial charge in [-0.25, -0.2) is 0 Å². The van der Waals surface area contributed by atoms with Crippen LogP contribution in [0, 0.1) is 5.92 Å². The number of hydrogen-bond donors (Lipinski definition) is 1. The third-order valence-electron chi connectivity index (χ3n) is 5.38. The number of benzene rings is 1. The highest BCUT2D eigenvalue weighted by Crippen LogP contribution is 2.31. The van der Waals surface area contributed by atoms with Crippen LogP contribution in [0.2, 0.25) is 0 Å². The molecule has 2 fully saturated rings. The number of amides is 1. The van der Waals surface area contributed by atoms with Crippen LogP contribution in [0.4, 0.5) is 18.9 Å². The topological polar surface area (TPSA) is 64.1 Å². The summed E-state index contributed by atoms with van der Waals surface area (Å²) in [5, 5.41) is 9.15. The first-order chi connectivity index (χ1) is 13.2. The van der Waals surface area contributed by atoms with E-state index in [2.05, 4.69) is 0 Å². The molecule has 9 heteroatoms. The minimum Gasteiger partial charge on any atom is -0.481 e. The van der Waals surface area contributed by atoms with Gasteiger partial charge in [0.1, 0.15) is 0 Å². The van der Waals surface area contributed by atoms with Crippen LogP contribution >= 0.6 is 0 Å². The number of halogens is 3. The zero-order valence-electron chi connectivity index (χ0n) is 15.5. The van der Waals surface area contributed by atoms with E-state index < -0.39 is 23.6 Å². The minimum atomic E-state index is -4.38. The van der Waals surface area contributed by atoms with E-state index in [4.69, 9.17) is 5.11 Å². The fourth-order valence-electron chi connectivity index (χ4n) is 3.78. The molecule has 0 spiro atoms. The molecule has 0 saturated carbocycles. The van der Waals surface area contributed by atoms with Gasteiger partial charge in [0.25, 0.3) is 0 Å². The molecule has 2 heterocycles. The second-order valence-corrected chi connectivity index (χ2v) is 7.33. The van der Waals surface area contributed by atoms with E-state index in [0.29, 0.717) is 51.4 Å². The van der Waals surface area contributed by atoms with Gasteiger partial charge in [-0.2, -0.15) is 13.2 Å². The zero-order valence-corrected chi connectivity index (χ0v) is 15.5. The molecule has 0 radical (unpaired) electrons. The highest BCUT2D eigenvalue weighted by atomic mass is 19.4. The van der Waals surface area contributed by atoms with E-state index in [1.54, 1.807) is 11.0 Å². The summed E-state index contributed by atoms with van der Waals surface area (Å²) in [7, 11) is 0. The Labute approximate surface area is 161 Å². The van der Waals surface area contributed by atoms with Crippen LogP contribution in [0.25, 0.3) is 0 Å². The SMILES string of the molecule is O=C(O)C1CCCN(CC(=O)N2CCN(c3cccc(C(F)(F)F)c3)CC2)C1. The van der Waals surface area contributed by atoms with Gasteiger partial charge in [-0.05, 0) is 37.6 Å². The predicted octanol–water partition coefficient (Wildman–Crippen LogP) is 2.15. The largest absolute Gasteiger partial charge is 0.481 e. The van der Waals surface area contributed by atoms with E-state index >= 15 is 0 Å². The van der Waals surface area contributed by atoms with Gasteiger partial charge in [0, 0.05) is 38.4 Å². The fourth-order valence-corrected chi connectivity index (χ4v) is 3.78. The number of piperazine rings is 1. The summed E-state index contributed by atoms with van der Waals surface area (Å²) in [4.78, 5) is 29.1. The number of anilines is 1. The van der Waals surface area contributed by atoms with Crippen molar-refractivity contribution >= 4 is 17.6 Å². The fraction of sp³-hybridized carbons (Fsp3) is 0.579. The first kappa shape index (κ1) is 20.4. The molecular weight excluding hydrogens is 375 g/mol. The molecule has 0 aliphatic carbocycles. The Hall–Kier alpha value is -2.29. The summed E-state index contributed by atoms with van der Waals surface area (Å²) in [5.41, 5.74) is -0.177. The Kier molecular flexibility index (Phi) is 6.12. The number of carbonyl (C=O) groups is 2. The van der Waals surface area contributed by atoms with Crippen molar-refractivity contribution in [1.82, 2.24) is 9.80 Å².